The number of phenolic OH excluding ortho intramolecular Hbond substituents is 2. The van der Waals surface area contributed by atoms with Crippen molar-refractivity contribution >= 4 is 17.3 Å². The molecule has 0 unspecified atom stereocenters. The van der Waals surface area contributed by atoms with E-state index in [0.29, 0.717) is 11.5 Å². The number of nitrogens with two attached hydrogens (primary N) is 2. The van der Waals surface area contributed by atoms with Crippen LogP contribution in [0.4, 0.5) is 11.4 Å². The number of ether oxygens (including phenoxy) is 3. The highest BCUT2D eigenvalue weighted by Crippen LogP contribution is 2.26. The third-order valence-corrected chi connectivity index (χ3v) is 3.50. The van der Waals surface area contributed by atoms with Crippen LogP contribution >= 0.6 is 0 Å². The molecule has 0 saturated heterocycles. The summed E-state index contributed by atoms with van der Waals surface area (Å²) in [5, 5.41) is 19.2. The number of benzene rings is 2. The van der Waals surface area contributed by atoms with Gasteiger partial charge in [0.25, 0.3) is 0 Å². The second-order valence-corrected chi connectivity index (χ2v) is 5.87. The lowest BCUT2D eigenvalue weighted by molar-refractivity contribution is -0.147. The van der Waals surface area contributed by atoms with Crippen LogP contribution in [0, 0.1) is 0 Å². The number of rotatable bonds is 8. The molecule has 0 bridgehead atoms. The number of aromatic hydroxyl groups is 2. The Morgan fingerprint density at radius 3 is 1.81 bits per heavy atom. The molecule has 2 rings (SSSR count). The summed E-state index contributed by atoms with van der Waals surface area (Å²) in [4.78, 5) is 11.8. The standard InChI is InChI=1S/C19H22N2O6/c1-11(2)19(24)27-14(9-25-12-3-5-15(20)17(22)7-12)10-26-13-4-6-16(21)18(23)8-13/h3-8,14,22-23H,1,9-10,20-21H2,2H3. The number of anilines is 2. The summed E-state index contributed by atoms with van der Waals surface area (Å²) in [6.45, 7) is 4.99. The van der Waals surface area contributed by atoms with Crippen LogP contribution in [0.3, 0.4) is 0 Å². The lowest BCUT2D eigenvalue weighted by Gasteiger charge is -2.19. The highest BCUT2D eigenvalue weighted by atomic mass is 16.6. The fourth-order valence-electron chi connectivity index (χ4n) is 1.97. The molecule has 2 aromatic carbocycles. The first-order valence-electron chi connectivity index (χ1n) is 8.05. The van der Waals surface area contributed by atoms with Crippen LogP contribution < -0.4 is 20.9 Å². The summed E-state index contributed by atoms with van der Waals surface area (Å²) >= 11 is 0. The number of esters is 1. The van der Waals surface area contributed by atoms with E-state index < -0.39 is 12.1 Å². The van der Waals surface area contributed by atoms with Crippen molar-refractivity contribution in [1.82, 2.24) is 0 Å². The molecule has 0 aliphatic carbocycles. The molecule has 0 saturated carbocycles. The summed E-state index contributed by atoms with van der Waals surface area (Å²) in [5.41, 5.74) is 11.8. The molecule has 0 aliphatic heterocycles. The van der Waals surface area contributed by atoms with Gasteiger partial charge in [0.1, 0.15) is 36.2 Å². The molecule has 8 heteroatoms. The Hall–Kier alpha value is -3.55. The van der Waals surface area contributed by atoms with Gasteiger partial charge in [-0.2, -0.15) is 0 Å². The SMILES string of the molecule is C=C(C)C(=O)OC(COc1ccc(N)c(O)c1)COc1ccc(N)c(O)c1. The number of carbonyl (C=O) groups excluding carboxylic acids is 1. The first kappa shape index (κ1) is 19.8. The van der Waals surface area contributed by atoms with Gasteiger partial charge in [-0.15, -0.1) is 0 Å². The fraction of sp³-hybridized carbons (Fsp3) is 0.211. The summed E-state index contributed by atoms with van der Waals surface area (Å²) in [6, 6.07) is 8.84. The van der Waals surface area contributed by atoms with E-state index in [1.165, 1.54) is 31.2 Å². The predicted molar refractivity (Wildman–Crippen MR) is 101 cm³/mol. The lowest BCUT2D eigenvalue weighted by atomic mass is 10.3. The van der Waals surface area contributed by atoms with Crippen molar-refractivity contribution in [3.05, 3.63) is 48.6 Å². The van der Waals surface area contributed by atoms with E-state index in [0.717, 1.165) is 0 Å². The maximum atomic E-state index is 11.8. The monoisotopic (exact) mass is 374 g/mol. The van der Waals surface area contributed by atoms with Crippen molar-refractivity contribution < 1.29 is 29.2 Å². The zero-order valence-corrected chi connectivity index (χ0v) is 14.8. The number of phenols is 2. The van der Waals surface area contributed by atoms with Gasteiger partial charge in [-0.1, -0.05) is 6.58 Å². The van der Waals surface area contributed by atoms with E-state index in [9.17, 15) is 15.0 Å². The van der Waals surface area contributed by atoms with Crippen molar-refractivity contribution in [2.75, 3.05) is 24.7 Å². The second-order valence-electron chi connectivity index (χ2n) is 5.87. The number of hydrogen-bond donors (Lipinski definition) is 4. The fourth-order valence-corrected chi connectivity index (χ4v) is 1.97. The zero-order chi connectivity index (χ0) is 20.0. The minimum atomic E-state index is -0.770. The molecule has 0 aliphatic rings. The third kappa shape index (κ3) is 5.74. The van der Waals surface area contributed by atoms with Crippen LogP contribution in [0.1, 0.15) is 6.92 Å². The smallest absolute Gasteiger partial charge is 0.333 e. The van der Waals surface area contributed by atoms with Crippen LogP contribution in [-0.4, -0.2) is 35.5 Å². The predicted octanol–water partition coefficient (Wildman–Crippen LogP) is 2.21. The number of hydrogen-bond acceptors (Lipinski definition) is 8. The molecular formula is C19H22N2O6. The first-order chi connectivity index (χ1) is 12.8. The topological polar surface area (TPSA) is 137 Å². The van der Waals surface area contributed by atoms with E-state index >= 15 is 0 Å². The molecule has 144 valence electrons. The summed E-state index contributed by atoms with van der Waals surface area (Å²) in [5.74, 6) is -0.118. The van der Waals surface area contributed by atoms with Gasteiger partial charge in [0, 0.05) is 17.7 Å². The summed E-state index contributed by atoms with van der Waals surface area (Å²) < 4.78 is 16.4. The highest BCUT2D eigenvalue weighted by Gasteiger charge is 2.18. The number of nitrogen functional groups attached to an aromatic ring is 2. The van der Waals surface area contributed by atoms with E-state index in [1.807, 2.05) is 0 Å². The van der Waals surface area contributed by atoms with Crippen molar-refractivity contribution in [2.24, 2.45) is 0 Å². The van der Waals surface area contributed by atoms with Crippen molar-refractivity contribution in [3.8, 4) is 23.0 Å². The Kier molecular flexibility index (Phi) is 6.37. The van der Waals surface area contributed by atoms with Crippen LogP contribution in [-0.2, 0) is 9.53 Å². The minimum Gasteiger partial charge on any atom is -0.506 e. The van der Waals surface area contributed by atoms with E-state index in [-0.39, 0.29) is 41.7 Å². The maximum absolute atomic E-state index is 11.8. The van der Waals surface area contributed by atoms with E-state index in [4.69, 9.17) is 25.7 Å². The Labute approximate surface area is 156 Å². The second kappa shape index (κ2) is 8.70. The van der Waals surface area contributed by atoms with Gasteiger partial charge in [-0.05, 0) is 31.2 Å². The third-order valence-electron chi connectivity index (χ3n) is 3.50. The van der Waals surface area contributed by atoms with Crippen LogP contribution in [0.25, 0.3) is 0 Å². The summed E-state index contributed by atoms with van der Waals surface area (Å²) in [7, 11) is 0. The van der Waals surface area contributed by atoms with Gasteiger partial charge in [-0.25, -0.2) is 4.79 Å². The largest absolute Gasteiger partial charge is 0.506 e. The van der Waals surface area contributed by atoms with E-state index in [1.54, 1.807) is 12.1 Å². The molecule has 0 heterocycles. The van der Waals surface area contributed by atoms with Gasteiger partial charge in [0.2, 0.25) is 0 Å². The molecule has 0 atom stereocenters. The Morgan fingerprint density at radius 2 is 1.44 bits per heavy atom. The molecule has 27 heavy (non-hydrogen) atoms. The molecule has 8 nitrogen and oxygen atoms in total. The first-order valence-corrected chi connectivity index (χ1v) is 8.05. The minimum absolute atomic E-state index is 0.0384. The quantitative estimate of drug-likeness (QED) is 0.239. The van der Waals surface area contributed by atoms with E-state index in [2.05, 4.69) is 6.58 Å². The molecule has 6 N–H and O–H groups in total. The summed E-state index contributed by atoms with van der Waals surface area (Å²) in [6.07, 6.45) is -0.770. The number of carbonyl (C=O) groups is 1. The van der Waals surface area contributed by atoms with Crippen molar-refractivity contribution in [1.29, 1.82) is 0 Å². The lowest BCUT2D eigenvalue weighted by Crippen LogP contribution is -2.31. The molecular weight excluding hydrogens is 352 g/mol. The molecule has 0 fully saturated rings. The Morgan fingerprint density at radius 1 is 1.00 bits per heavy atom. The zero-order valence-electron chi connectivity index (χ0n) is 14.8. The van der Waals surface area contributed by atoms with Gasteiger partial charge >= 0.3 is 5.97 Å². The van der Waals surface area contributed by atoms with Crippen molar-refractivity contribution in [2.45, 2.75) is 13.0 Å². The molecule has 0 spiro atoms. The van der Waals surface area contributed by atoms with Crippen LogP contribution in [0.2, 0.25) is 0 Å². The van der Waals surface area contributed by atoms with Crippen LogP contribution in [0.5, 0.6) is 23.0 Å². The molecule has 0 aromatic heterocycles. The van der Waals surface area contributed by atoms with Gasteiger partial charge < -0.3 is 35.9 Å². The highest BCUT2D eigenvalue weighted by molar-refractivity contribution is 5.87. The van der Waals surface area contributed by atoms with Gasteiger partial charge in [0.15, 0.2) is 6.10 Å². The van der Waals surface area contributed by atoms with Crippen LogP contribution in [0.15, 0.2) is 48.6 Å². The normalized spacial score (nSPS) is 10.4. The molecule has 0 amide bonds. The maximum Gasteiger partial charge on any atom is 0.333 e. The Balaban J connectivity index is 2.03. The van der Waals surface area contributed by atoms with Gasteiger partial charge in [0.05, 0.1) is 11.4 Å². The molecule has 2 aromatic rings. The van der Waals surface area contributed by atoms with Crippen molar-refractivity contribution in [3.63, 3.8) is 0 Å². The average Bonchev–Trinajstić information content (AvgIpc) is 2.62. The molecule has 0 radical (unpaired) electrons. The Bertz CT molecular complexity index is 781. The van der Waals surface area contributed by atoms with Gasteiger partial charge in [-0.3, -0.25) is 0 Å². The average molecular weight is 374 g/mol.